The minimum Gasteiger partial charge on any atom is -0.490 e. The molecule has 33 heavy (non-hydrogen) atoms. The number of likely N-dealkylation sites (tertiary alicyclic amines) is 1. The van der Waals surface area contributed by atoms with Crippen molar-refractivity contribution in [3.05, 3.63) is 64.1 Å². The number of nitrogens with two attached hydrogens (primary N) is 1. The molecule has 172 valence electrons. The summed E-state index contributed by atoms with van der Waals surface area (Å²) in [6.45, 7) is 3.30. The van der Waals surface area contributed by atoms with Gasteiger partial charge in [-0.3, -0.25) is 15.4 Å². The van der Waals surface area contributed by atoms with Crippen LogP contribution in [0.3, 0.4) is 0 Å². The van der Waals surface area contributed by atoms with E-state index in [2.05, 4.69) is 0 Å². The number of hydrogen-bond donors (Lipinski definition) is 4. The monoisotopic (exact) mass is 451 g/mol. The minimum atomic E-state index is -1.33. The average molecular weight is 451 g/mol. The normalized spacial score (nSPS) is 15.4. The van der Waals surface area contributed by atoms with Crippen molar-refractivity contribution in [2.24, 2.45) is 5.73 Å². The average Bonchev–Trinajstić information content (AvgIpc) is 3.10. The van der Waals surface area contributed by atoms with Gasteiger partial charge in [-0.05, 0) is 42.8 Å². The number of aliphatic carboxylic acids is 1. The lowest BCUT2D eigenvalue weighted by molar-refractivity contribution is -0.139. The Kier molecular flexibility index (Phi) is 5.91. The second kappa shape index (κ2) is 8.81. The topological polar surface area (TPSA) is 159 Å². The van der Waals surface area contributed by atoms with E-state index in [9.17, 15) is 14.7 Å². The lowest BCUT2D eigenvalue weighted by atomic mass is 10.1. The van der Waals surface area contributed by atoms with Gasteiger partial charge in [0.15, 0.2) is 11.6 Å². The molecular weight excluding hydrogens is 426 g/mol. The number of aromatic nitrogens is 1. The van der Waals surface area contributed by atoms with Gasteiger partial charge in [0.1, 0.15) is 17.7 Å². The molecule has 10 heteroatoms. The summed E-state index contributed by atoms with van der Waals surface area (Å²) in [5, 5.41) is 25.3. The second-order valence-electron chi connectivity index (χ2n) is 8.03. The SMILES string of the molecule is CC(=N)N1CCC(Oc2ccc(C(C(=O)O)n3c(=O)oc4ccc(C(=N)N)cc43)cc2)CC1. The minimum absolute atomic E-state index is 0.0205. The third-order valence-corrected chi connectivity index (χ3v) is 5.83. The summed E-state index contributed by atoms with van der Waals surface area (Å²) in [4.78, 5) is 26.7. The maximum absolute atomic E-state index is 12.5. The third-order valence-electron chi connectivity index (χ3n) is 5.83. The number of nitrogens with zero attached hydrogens (tertiary/aromatic N) is 2. The molecule has 0 saturated carbocycles. The number of carbonyl (C=O) groups is 1. The van der Waals surface area contributed by atoms with E-state index in [4.69, 9.17) is 25.7 Å². The van der Waals surface area contributed by atoms with Crippen LogP contribution in [0.2, 0.25) is 0 Å². The van der Waals surface area contributed by atoms with Crippen LogP contribution in [0.25, 0.3) is 11.1 Å². The molecular formula is C23H25N5O5. The molecule has 1 atom stereocenters. The summed E-state index contributed by atoms with van der Waals surface area (Å²) in [7, 11) is 0. The highest BCUT2D eigenvalue weighted by atomic mass is 16.5. The number of nitrogens with one attached hydrogen (secondary N) is 2. The predicted octanol–water partition coefficient (Wildman–Crippen LogP) is 2.39. The Bertz CT molecular complexity index is 1270. The first-order valence-corrected chi connectivity index (χ1v) is 10.5. The Morgan fingerprint density at radius 2 is 1.85 bits per heavy atom. The first-order valence-electron chi connectivity index (χ1n) is 10.5. The molecule has 10 nitrogen and oxygen atoms in total. The third kappa shape index (κ3) is 4.45. The van der Waals surface area contributed by atoms with Crippen molar-refractivity contribution in [1.82, 2.24) is 9.47 Å². The van der Waals surface area contributed by atoms with Crippen LogP contribution in [0.15, 0.2) is 51.7 Å². The number of hydrogen-bond acceptors (Lipinski definition) is 6. The highest BCUT2D eigenvalue weighted by Gasteiger charge is 2.28. The van der Waals surface area contributed by atoms with Crippen molar-refractivity contribution < 1.29 is 19.1 Å². The van der Waals surface area contributed by atoms with E-state index in [1.54, 1.807) is 31.2 Å². The highest BCUT2D eigenvalue weighted by Crippen LogP contribution is 2.27. The Labute approximate surface area is 189 Å². The number of carboxylic acids is 1. The number of carboxylic acid groups (broad SMARTS) is 1. The Morgan fingerprint density at radius 3 is 2.42 bits per heavy atom. The first-order chi connectivity index (χ1) is 15.7. The van der Waals surface area contributed by atoms with Crippen LogP contribution in [0.5, 0.6) is 5.75 Å². The van der Waals surface area contributed by atoms with Gasteiger partial charge in [0.05, 0.1) is 11.4 Å². The van der Waals surface area contributed by atoms with Crippen LogP contribution in [-0.4, -0.2) is 51.4 Å². The molecule has 1 saturated heterocycles. The standard InChI is InChI=1S/C23H25N5O5/c1-13(24)27-10-8-17(9-11-27)32-16-5-2-14(3-6-16)20(22(29)30)28-18-12-15(21(25)26)4-7-19(18)33-23(28)31/h2-7,12,17,20,24H,8-11H2,1H3,(H3,25,26)(H,29,30). The van der Waals surface area contributed by atoms with Gasteiger partial charge in [-0.15, -0.1) is 0 Å². The van der Waals surface area contributed by atoms with Gasteiger partial charge in [-0.25, -0.2) is 9.59 Å². The molecule has 1 fully saturated rings. The van der Waals surface area contributed by atoms with Gasteiger partial charge in [0, 0.05) is 31.5 Å². The first kappa shape index (κ1) is 22.1. The quantitative estimate of drug-likeness (QED) is 0.331. The van der Waals surface area contributed by atoms with Crippen LogP contribution in [0, 0.1) is 10.8 Å². The van der Waals surface area contributed by atoms with E-state index in [0.29, 0.717) is 22.7 Å². The Hall–Kier alpha value is -4.08. The predicted molar refractivity (Wildman–Crippen MR) is 122 cm³/mol. The van der Waals surface area contributed by atoms with Crippen LogP contribution >= 0.6 is 0 Å². The summed E-state index contributed by atoms with van der Waals surface area (Å²) in [5.41, 5.74) is 6.73. The van der Waals surface area contributed by atoms with Crippen molar-refractivity contribution in [2.75, 3.05) is 13.1 Å². The summed E-state index contributed by atoms with van der Waals surface area (Å²) in [6.07, 6.45) is 1.61. The smallest absolute Gasteiger partial charge is 0.421 e. The number of piperidine rings is 1. The molecule has 0 aliphatic carbocycles. The molecule has 5 N–H and O–H groups in total. The fourth-order valence-corrected chi connectivity index (χ4v) is 4.08. The molecule has 1 unspecified atom stereocenters. The largest absolute Gasteiger partial charge is 0.490 e. The van der Waals surface area contributed by atoms with Gasteiger partial charge < -0.3 is 24.9 Å². The molecule has 3 aromatic rings. The summed E-state index contributed by atoms with van der Waals surface area (Å²) in [5.74, 6) is -1.08. The number of ether oxygens (including phenoxy) is 1. The van der Waals surface area contributed by atoms with Gasteiger partial charge >= 0.3 is 11.7 Å². The molecule has 1 aliphatic heterocycles. The van der Waals surface area contributed by atoms with E-state index >= 15 is 0 Å². The number of rotatable bonds is 6. The van der Waals surface area contributed by atoms with Gasteiger partial charge in [0.25, 0.3) is 0 Å². The summed E-state index contributed by atoms with van der Waals surface area (Å²) < 4.78 is 12.3. The second-order valence-corrected chi connectivity index (χ2v) is 8.03. The molecule has 2 aromatic carbocycles. The van der Waals surface area contributed by atoms with E-state index in [1.807, 2.05) is 4.90 Å². The van der Waals surface area contributed by atoms with Crippen LogP contribution < -0.4 is 16.2 Å². The Balaban J connectivity index is 1.60. The summed E-state index contributed by atoms with van der Waals surface area (Å²) >= 11 is 0. The molecule has 1 aromatic heterocycles. The zero-order valence-corrected chi connectivity index (χ0v) is 18.1. The van der Waals surface area contributed by atoms with E-state index in [0.717, 1.165) is 30.5 Å². The number of nitrogen functional groups attached to an aromatic ring is 1. The van der Waals surface area contributed by atoms with Gasteiger partial charge in [-0.1, -0.05) is 12.1 Å². The molecule has 0 spiro atoms. The molecule has 0 amide bonds. The molecule has 0 radical (unpaired) electrons. The van der Waals surface area contributed by atoms with Crippen LogP contribution in [0.1, 0.15) is 36.9 Å². The lowest BCUT2D eigenvalue weighted by Gasteiger charge is -2.32. The van der Waals surface area contributed by atoms with E-state index in [1.165, 1.54) is 18.2 Å². The molecule has 4 rings (SSSR count). The number of amidine groups is 2. The van der Waals surface area contributed by atoms with Gasteiger partial charge in [-0.2, -0.15) is 0 Å². The van der Waals surface area contributed by atoms with Crippen LogP contribution in [-0.2, 0) is 4.79 Å². The zero-order chi connectivity index (χ0) is 23.7. The van der Waals surface area contributed by atoms with E-state index < -0.39 is 17.8 Å². The summed E-state index contributed by atoms with van der Waals surface area (Å²) in [6, 6.07) is 9.78. The Morgan fingerprint density at radius 1 is 1.18 bits per heavy atom. The maximum Gasteiger partial charge on any atom is 0.421 e. The van der Waals surface area contributed by atoms with Gasteiger partial charge in [0.2, 0.25) is 0 Å². The lowest BCUT2D eigenvalue weighted by Crippen LogP contribution is -2.40. The maximum atomic E-state index is 12.5. The zero-order valence-electron chi connectivity index (χ0n) is 18.1. The molecule has 0 bridgehead atoms. The number of fused-ring (bicyclic) bond motifs is 1. The van der Waals surface area contributed by atoms with Crippen molar-refractivity contribution >= 4 is 28.7 Å². The van der Waals surface area contributed by atoms with E-state index in [-0.39, 0.29) is 23.0 Å². The number of oxazole rings is 1. The van der Waals surface area contributed by atoms with Crippen molar-refractivity contribution in [1.29, 1.82) is 10.8 Å². The van der Waals surface area contributed by atoms with Crippen molar-refractivity contribution in [2.45, 2.75) is 31.9 Å². The molecule has 2 heterocycles. The van der Waals surface area contributed by atoms with Crippen LogP contribution in [0.4, 0.5) is 0 Å². The fraction of sp³-hybridized carbons (Fsp3) is 0.304. The van der Waals surface area contributed by atoms with Crippen molar-refractivity contribution in [3.63, 3.8) is 0 Å². The number of benzene rings is 2. The highest BCUT2D eigenvalue weighted by molar-refractivity contribution is 5.98. The molecule has 1 aliphatic rings. The van der Waals surface area contributed by atoms with Crippen molar-refractivity contribution in [3.8, 4) is 5.75 Å². The fourth-order valence-electron chi connectivity index (χ4n) is 4.08.